The SMILES string of the molecule is FC(F)(F)Oc1ccc(NC2CCCCCCC2)cc1. The third-order valence-corrected chi connectivity index (χ3v) is 3.56. The summed E-state index contributed by atoms with van der Waals surface area (Å²) >= 11 is 0. The molecule has 0 aliphatic heterocycles. The minimum atomic E-state index is -4.63. The standard InChI is InChI=1S/C15H20F3NO/c16-15(17,18)20-14-10-8-13(9-11-14)19-12-6-4-2-1-3-5-7-12/h8-12,19H,1-7H2. The van der Waals surface area contributed by atoms with Gasteiger partial charge in [-0.25, -0.2) is 0 Å². The summed E-state index contributed by atoms with van der Waals surface area (Å²) in [6.07, 6.45) is 3.92. The monoisotopic (exact) mass is 287 g/mol. The molecule has 0 aromatic heterocycles. The Morgan fingerprint density at radius 1 is 0.900 bits per heavy atom. The van der Waals surface area contributed by atoms with Gasteiger partial charge in [-0.05, 0) is 37.1 Å². The Morgan fingerprint density at radius 3 is 2.00 bits per heavy atom. The van der Waals surface area contributed by atoms with Crippen LogP contribution in [0.25, 0.3) is 0 Å². The molecule has 1 aliphatic rings. The Kier molecular flexibility index (Phi) is 5.15. The molecular weight excluding hydrogens is 267 g/mol. The van der Waals surface area contributed by atoms with E-state index in [1.807, 2.05) is 0 Å². The van der Waals surface area contributed by atoms with E-state index in [9.17, 15) is 13.2 Å². The summed E-state index contributed by atoms with van der Waals surface area (Å²) in [7, 11) is 0. The van der Waals surface area contributed by atoms with Crippen LogP contribution in [0.2, 0.25) is 0 Å². The lowest BCUT2D eigenvalue weighted by Crippen LogP contribution is -2.20. The molecule has 0 radical (unpaired) electrons. The van der Waals surface area contributed by atoms with Crippen LogP contribution in [0.15, 0.2) is 24.3 Å². The highest BCUT2D eigenvalue weighted by Crippen LogP contribution is 2.25. The van der Waals surface area contributed by atoms with E-state index in [-0.39, 0.29) is 5.75 Å². The summed E-state index contributed by atoms with van der Waals surface area (Å²) < 4.78 is 40.0. The predicted molar refractivity (Wildman–Crippen MR) is 72.9 cm³/mol. The zero-order valence-electron chi connectivity index (χ0n) is 11.4. The van der Waals surface area contributed by atoms with Gasteiger partial charge in [-0.2, -0.15) is 0 Å². The van der Waals surface area contributed by atoms with Crippen molar-refractivity contribution >= 4 is 5.69 Å². The molecule has 2 nitrogen and oxygen atoms in total. The van der Waals surface area contributed by atoms with E-state index in [0.29, 0.717) is 6.04 Å². The molecule has 0 atom stereocenters. The third kappa shape index (κ3) is 5.31. The van der Waals surface area contributed by atoms with Gasteiger partial charge in [0.2, 0.25) is 0 Å². The number of hydrogen-bond acceptors (Lipinski definition) is 2. The van der Waals surface area contributed by atoms with Gasteiger partial charge in [-0.1, -0.05) is 32.1 Å². The van der Waals surface area contributed by atoms with E-state index in [2.05, 4.69) is 10.1 Å². The van der Waals surface area contributed by atoms with Crippen molar-refractivity contribution in [2.75, 3.05) is 5.32 Å². The van der Waals surface area contributed by atoms with Crippen LogP contribution in [0.1, 0.15) is 44.9 Å². The van der Waals surface area contributed by atoms with Crippen molar-refractivity contribution in [3.8, 4) is 5.75 Å². The first kappa shape index (κ1) is 15.0. The van der Waals surface area contributed by atoms with Gasteiger partial charge in [-0.3, -0.25) is 0 Å². The van der Waals surface area contributed by atoms with Gasteiger partial charge in [0.15, 0.2) is 0 Å². The van der Waals surface area contributed by atoms with Gasteiger partial charge in [0.25, 0.3) is 0 Å². The highest BCUT2D eigenvalue weighted by Gasteiger charge is 2.30. The molecule has 0 bridgehead atoms. The lowest BCUT2D eigenvalue weighted by atomic mass is 9.96. The van der Waals surface area contributed by atoms with E-state index < -0.39 is 6.36 Å². The molecule has 1 aliphatic carbocycles. The molecule has 0 saturated heterocycles. The van der Waals surface area contributed by atoms with E-state index in [1.165, 1.54) is 44.2 Å². The quantitative estimate of drug-likeness (QED) is 0.834. The van der Waals surface area contributed by atoms with E-state index in [1.54, 1.807) is 12.1 Å². The van der Waals surface area contributed by atoms with Crippen molar-refractivity contribution in [2.45, 2.75) is 57.3 Å². The van der Waals surface area contributed by atoms with Gasteiger partial charge in [-0.15, -0.1) is 13.2 Å². The van der Waals surface area contributed by atoms with Crippen LogP contribution >= 0.6 is 0 Å². The van der Waals surface area contributed by atoms with Crippen LogP contribution in [0, 0.1) is 0 Å². The maximum absolute atomic E-state index is 12.1. The minimum Gasteiger partial charge on any atom is -0.406 e. The molecule has 1 N–H and O–H groups in total. The van der Waals surface area contributed by atoms with Crippen molar-refractivity contribution in [1.29, 1.82) is 0 Å². The largest absolute Gasteiger partial charge is 0.573 e. The Morgan fingerprint density at radius 2 is 1.45 bits per heavy atom. The van der Waals surface area contributed by atoms with Crippen molar-refractivity contribution in [1.82, 2.24) is 0 Å². The summed E-state index contributed by atoms with van der Waals surface area (Å²) in [5, 5.41) is 3.40. The molecule has 1 saturated carbocycles. The van der Waals surface area contributed by atoms with Crippen molar-refractivity contribution in [2.24, 2.45) is 0 Å². The Labute approximate surface area is 117 Å². The second kappa shape index (κ2) is 6.86. The summed E-state index contributed by atoms with van der Waals surface area (Å²) in [6.45, 7) is 0. The second-order valence-corrected chi connectivity index (χ2v) is 5.26. The summed E-state index contributed by atoms with van der Waals surface area (Å²) in [5.41, 5.74) is 0.852. The van der Waals surface area contributed by atoms with Crippen molar-refractivity contribution in [3.05, 3.63) is 24.3 Å². The number of nitrogens with one attached hydrogen (secondary N) is 1. The van der Waals surface area contributed by atoms with Crippen molar-refractivity contribution in [3.63, 3.8) is 0 Å². The molecule has 2 rings (SSSR count). The highest BCUT2D eigenvalue weighted by atomic mass is 19.4. The molecule has 0 spiro atoms. The second-order valence-electron chi connectivity index (χ2n) is 5.26. The van der Waals surface area contributed by atoms with Gasteiger partial charge in [0, 0.05) is 11.7 Å². The number of rotatable bonds is 3. The molecule has 1 fully saturated rings. The first-order valence-electron chi connectivity index (χ1n) is 7.15. The highest BCUT2D eigenvalue weighted by molar-refractivity contribution is 5.47. The normalized spacial score (nSPS) is 18.1. The summed E-state index contributed by atoms with van der Waals surface area (Å²) in [5.74, 6) is -0.180. The van der Waals surface area contributed by atoms with Crippen LogP contribution in [0.5, 0.6) is 5.75 Å². The Bertz CT molecular complexity index is 395. The van der Waals surface area contributed by atoms with Gasteiger partial charge < -0.3 is 10.1 Å². The van der Waals surface area contributed by atoms with Gasteiger partial charge in [0.05, 0.1) is 0 Å². The number of alkyl halides is 3. The molecular formula is C15H20F3NO. The van der Waals surface area contributed by atoms with E-state index >= 15 is 0 Å². The number of halogens is 3. The minimum absolute atomic E-state index is 0.180. The first-order valence-corrected chi connectivity index (χ1v) is 7.15. The molecule has 0 heterocycles. The van der Waals surface area contributed by atoms with Crippen LogP contribution in [0.3, 0.4) is 0 Å². The fourth-order valence-corrected chi connectivity index (χ4v) is 2.59. The third-order valence-electron chi connectivity index (χ3n) is 3.56. The number of ether oxygens (including phenoxy) is 1. The molecule has 0 unspecified atom stereocenters. The zero-order valence-corrected chi connectivity index (χ0v) is 11.4. The van der Waals surface area contributed by atoms with Crippen LogP contribution in [-0.4, -0.2) is 12.4 Å². The smallest absolute Gasteiger partial charge is 0.406 e. The molecule has 112 valence electrons. The first-order chi connectivity index (χ1) is 9.53. The molecule has 1 aromatic carbocycles. The topological polar surface area (TPSA) is 21.3 Å². The summed E-state index contributed by atoms with van der Waals surface area (Å²) in [4.78, 5) is 0. The average molecular weight is 287 g/mol. The molecule has 0 amide bonds. The molecule has 20 heavy (non-hydrogen) atoms. The maximum Gasteiger partial charge on any atom is 0.573 e. The average Bonchev–Trinajstić information content (AvgIpc) is 2.33. The van der Waals surface area contributed by atoms with E-state index in [4.69, 9.17) is 0 Å². The number of anilines is 1. The predicted octanol–water partition coefficient (Wildman–Crippen LogP) is 5.11. The number of benzene rings is 1. The molecule has 5 heteroatoms. The van der Waals surface area contributed by atoms with Crippen molar-refractivity contribution < 1.29 is 17.9 Å². The van der Waals surface area contributed by atoms with Crippen LogP contribution in [-0.2, 0) is 0 Å². The Hall–Kier alpha value is -1.39. The van der Waals surface area contributed by atoms with Crippen LogP contribution in [0.4, 0.5) is 18.9 Å². The lowest BCUT2D eigenvalue weighted by Gasteiger charge is -2.22. The fraction of sp³-hybridized carbons (Fsp3) is 0.600. The Balaban J connectivity index is 1.89. The zero-order chi connectivity index (χ0) is 14.4. The van der Waals surface area contributed by atoms with Gasteiger partial charge in [0.1, 0.15) is 5.75 Å². The number of hydrogen-bond donors (Lipinski definition) is 1. The fourth-order valence-electron chi connectivity index (χ4n) is 2.59. The summed E-state index contributed by atoms with van der Waals surface area (Å²) in [6, 6.07) is 6.39. The van der Waals surface area contributed by atoms with Crippen LogP contribution < -0.4 is 10.1 Å². The van der Waals surface area contributed by atoms with Gasteiger partial charge >= 0.3 is 6.36 Å². The lowest BCUT2D eigenvalue weighted by molar-refractivity contribution is -0.274. The molecule has 1 aromatic rings. The maximum atomic E-state index is 12.1. The van der Waals surface area contributed by atoms with E-state index in [0.717, 1.165) is 18.5 Å².